The third kappa shape index (κ3) is 4.75. The molecule has 10 heteroatoms. The number of para-hydroxylation sites is 3. The first-order valence-corrected chi connectivity index (χ1v) is 17.1. The molecule has 0 spiro atoms. The molecule has 10 rings (SSSR count). The third-order valence-corrected chi connectivity index (χ3v) is 10.2. The van der Waals surface area contributed by atoms with Crippen molar-refractivity contribution in [3.63, 3.8) is 0 Å². The second-order valence-electron chi connectivity index (χ2n) is 13.1. The molecular formula is C43H21B5N4O. The molecule has 0 unspecified atom stereocenters. The van der Waals surface area contributed by atoms with Crippen LogP contribution in [0.25, 0.3) is 94.4 Å². The molecule has 3 aromatic heterocycles. The van der Waals surface area contributed by atoms with E-state index in [1.807, 2.05) is 77.4 Å². The summed E-state index contributed by atoms with van der Waals surface area (Å²) in [5.74, 6) is 0.933. The quantitative estimate of drug-likeness (QED) is 0.249. The van der Waals surface area contributed by atoms with E-state index in [4.69, 9.17) is 58.6 Å². The smallest absolute Gasteiger partial charge is 0.238 e. The molecule has 5 nitrogen and oxygen atoms in total. The van der Waals surface area contributed by atoms with Crippen molar-refractivity contribution in [1.29, 1.82) is 0 Å². The first kappa shape index (κ1) is 31.5. The van der Waals surface area contributed by atoms with Gasteiger partial charge in [0, 0.05) is 38.2 Å². The summed E-state index contributed by atoms with van der Waals surface area (Å²) in [6, 6.07) is 43.1. The summed E-state index contributed by atoms with van der Waals surface area (Å²) in [6.45, 7) is 0. The second-order valence-corrected chi connectivity index (χ2v) is 13.1. The van der Waals surface area contributed by atoms with Crippen LogP contribution >= 0.6 is 0 Å². The van der Waals surface area contributed by atoms with E-state index < -0.39 is 0 Å². The number of hydrogen-bond acceptors (Lipinski definition) is 4. The van der Waals surface area contributed by atoms with Gasteiger partial charge < -0.3 is 4.42 Å². The summed E-state index contributed by atoms with van der Waals surface area (Å²) in [6.07, 6.45) is 0. The molecule has 3 heterocycles. The third-order valence-electron chi connectivity index (χ3n) is 10.2. The summed E-state index contributed by atoms with van der Waals surface area (Å²) in [7, 11) is 32.1. The highest BCUT2D eigenvalue weighted by Crippen LogP contribution is 2.41. The van der Waals surface area contributed by atoms with Crippen molar-refractivity contribution in [2.24, 2.45) is 0 Å². The van der Waals surface area contributed by atoms with Crippen LogP contribution in [0.2, 0.25) is 0 Å². The Balaban J connectivity index is 1.28. The minimum absolute atomic E-state index is 0.108. The first-order chi connectivity index (χ1) is 25.9. The van der Waals surface area contributed by atoms with Crippen LogP contribution in [0.4, 0.5) is 0 Å². The van der Waals surface area contributed by atoms with Gasteiger partial charge in [-0.1, -0.05) is 114 Å². The largest absolute Gasteiger partial charge is 0.455 e. The van der Waals surface area contributed by atoms with Crippen molar-refractivity contribution in [3.05, 3.63) is 127 Å². The zero-order valence-electron chi connectivity index (χ0n) is 28.2. The first-order valence-electron chi connectivity index (χ1n) is 17.1. The maximum atomic E-state index is 6.66. The van der Waals surface area contributed by atoms with Crippen LogP contribution in [0.3, 0.4) is 0 Å². The van der Waals surface area contributed by atoms with Crippen LogP contribution < -0.4 is 27.3 Å². The highest BCUT2D eigenvalue weighted by Gasteiger charge is 2.23. The molecule has 0 aliphatic carbocycles. The van der Waals surface area contributed by atoms with E-state index in [-0.39, 0.29) is 38.7 Å². The summed E-state index contributed by atoms with van der Waals surface area (Å²) in [4.78, 5) is 15.2. The molecule has 0 bridgehead atoms. The Labute approximate surface area is 311 Å². The molecule has 0 fully saturated rings. The van der Waals surface area contributed by atoms with Gasteiger partial charge in [0.25, 0.3) is 0 Å². The molecule has 10 radical (unpaired) electrons. The number of furan rings is 1. The molecule has 234 valence electrons. The van der Waals surface area contributed by atoms with Crippen molar-refractivity contribution in [2.45, 2.75) is 0 Å². The Morgan fingerprint density at radius 2 is 1.06 bits per heavy atom. The lowest BCUT2D eigenvalue weighted by atomic mass is 9.60. The normalized spacial score (nSPS) is 11.8. The van der Waals surface area contributed by atoms with E-state index in [2.05, 4.69) is 54.6 Å². The van der Waals surface area contributed by atoms with Crippen LogP contribution in [0.15, 0.2) is 132 Å². The summed E-state index contributed by atoms with van der Waals surface area (Å²) in [5.41, 5.74) is 6.91. The van der Waals surface area contributed by atoms with Crippen LogP contribution in [-0.2, 0) is 0 Å². The predicted molar refractivity (Wildman–Crippen MR) is 222 cm³/mol. The molecule has 0 amide bonds. The minimum atomic E-state index is 0.108. The summed E-state index contributed by atoms with van der Waals surface area (Å²) < 4.78 is 8.68. The van der Waals surface area contributed by atoms with Gasteiger partial charge in [0.1, 0.15) is 50.4 Å². The summed E-state index contributed by atoms with van der Waals surface area (Å²) in [5, 5.41) is 6.20. The van der Waals surface area contributed by atoms with E-state index in [0.717, 1.165) is 60.2 Å². The van der Waals surface area contributed by atoms with Crippen LogP contribution in [0.5, 0.6) is 0 Å². The van der Waals surface area contributed by atoms with E-state index in [0.29, 0.717) is 17.4 Å². The fourth-order valence-corrected chi connectivity index (χ4v) is 7.54. The van der Waals surface area contributed by atoms with E-state index in [1.165, 1.54) is 5.39 Å². The van der Waals surface area contributed by atoms with Crippen LogP contribution in [0.1, 0.15) is 0 Å². The zero-order valence-corrected chi connectivity index (χ0v) is 28.2. The van der Waals surface area contributed by atoms with E-state index in [1.54, 1.807) is 0 Å². The van der Waals surface area contributed by atoms with Crippen molar-refractivity contribution >= 4 is 121 Å². The number of fused-ring (bicyclic) bond motifs is 7. The lowest BCUT2D eigenvalue weighted by Crippen LogP contribution is -2.55. The van der Waals surface area contributed by atoms with Gasteiger partial charge in [-0.2, -0.15) is 9.97 Å². The SMILES string of the molecule is [B]c1c([B])c([B])c(-c2nc(-c3cccc4oc5c(-c6ccc7ccccc7c6)cccc5c34)nc(-n3c4ccccc4c4ccccc43)n2)c([B])c1[B]. The molecule has 0 saturated heterocycles. The Hall–Kier alpha value is -6.27. The Kier molecular flexibility index (Phi) is 7.06. The Morgan fingerprint density at radius 1 is 0.472 bits per heavy atom. The van der Waals surface area contributed by atoms with Gasteiger partial charge in [-0.05, 0) is 40.6 Å². The van der Waals surface area contributed by atoms with Crippen LogP contribution in [-0.4, -0.2) is 58.8 Å². The van der Waals surface area contributed by atoms with Gasteiger partial charge in [-0.3, -0.25) is 4.57 Å². The fraction of sp³-hybridized carbons (Fsp3) is 0. The van der Waals surface area contributed by atoms with Gasteiger partial charge in [-0.25, -0.2) is 4.98 Å². The maximum Gasteiger partial charge on any atom is 0.238 e. The number of benzene rings is 7. The lowest BCUT2D eigenvalue weighted by Gasteiger charge is -2.21. The van der Waals surface area contributed by atoms with Crippen molar-refractivity contribution < 1.29 is 4.42 Å². The number of nitrogens with zero attached hydrogens (tertiary/aromatic N) is 4. The Bertz CT molecular complexity index is 3070. The van der Waals surface area contributed by atoms with Gasteiger partial charge in [0.15, 0.2) is 11.6 Å². The van der Waals surface area contributed by atoms with Crippen molar-refractivity contribution in [1.82, 2.24) is 19.5 Å². The average molecular weight is 664 g/mol. The topological polar surface area (TPSA) is 56.7 Å². The van der Waals surface area contributed by atoms with Crippen LogP contribution in [0, 0.1) is 0 Å². The van der Waals surface area contributed by atoms with Crippen molar-refractivity contribution in [2.75, 3.05) is 0 Å². The second kappa shape index (κ2) is 11.9. The molecule has 0 aliphatic rings. The standard InChI is InChI=1S/C43H21B5N4O/c44-35-34(36(45)38(47)39(48)37(35)46)42-49-41(50-43(51-42)52-30-16-5-3-11-26(30)27-12-4-6-17-31(27)52)29-15-8-18-32-33(29)28-14-7-13-25(40(28)53-32)24-20-19-22-9-1-2-10-23(22)21-24/h1-21H. The van der Waals surface area contributed by atoms with E-state index in [9.17, 15) is 0 Å². The predicted octanol–water partition coefficient (Wildman–Crippen LogP) is 4.99. The summed E-state index contributed by atoms with van der Waals surface area (Å²) >= 11 is 0. The highest BCUT2D eigenvalue weighted by atomic mass is 16.3. The van der Waals surface area contributed by atoms with Gasteiger partial charge >= 0.3 is 0 Å². The average Bonchev–Trinajstić information content (AvgIpc) is 3.75. The minimum Gasteiger partial charge on any atom is -0.455 e. The molecule has 0 atom stereocenters. The van der Waals surface area contributed by atoms with E-state index >= 15 is 0 Å². The number of hydrogen-bond donors (Lipinski definition) is 0. The lowest BCUT2D eigenvalue weighted by molar-refractivity contribution is 0.670. The monoisotopic (exact) mass is 664 g/mol. The Morgan fingerprint density at radius 3 is 1.79 bits per heavy atom. The zero-order chi connectivity index (χ0) is 36.0. The van der Waals surface area contributed by atoms with Crippen molar-refractivity contribution in [3.8, 4) is 39.9 Å². The number of rotatable bonds is 4. The molecular weight excluding hydrogens is 643 g/mol. The molecule has 10 aromatic rings. The fourth-order valence-electron chi connectivity index (χ4n) is 7.54. The van der Waals surface area contributed by atoms with Gasteiger partial charge in [0.05, 0.1) is 11.0 Å². The molecule has 0 N–H and O–H groups in total. The molecule has 53 heavy (non-hydrogen) atoms. The highest BCUT2D eigenvalue weighted by molar-refractivity contribution is 6.68. The van der Waals surface area contributed by atoms with Gasteiger partial charge in [-0.15, -0.1) is 16.4 Å². The molecule has 7 aromatic carbocycles. The molecule has 0 saturated carbocycles. The van der Waals surface area contributed by atoms with Gasteiger partial charge in [0.2, 0.25) is 5.95 Å². The number of aromatic nitrogens is 4. The maximum absolute atomic E-state index is 6.66. The molecule has 0 aliphatic heterocycles.